The summed E-state index contributed by atoms with van der Waals surface area (Å²) in [5.41, 5.74) is 7.61. The number of rotatable bonds is 5. The number of fused-ring (bicyclic) bond motifs is 1. The predicted molar refractivity (Wildman–Crippen MR) is 79.5 cm³/mol. The van der Waals surface area contributed by atoms with Gasteiger partial charge >= 0.3 is 0 Å². The summed E-state index contributed by atoms with van der Waals surface area (Å²) in [6.45, 7) is 3.03. The number of carbonyl (C=O) groups is 1. The number of para-hydroxylation sites is 2. The minimum atomic E-state index is -0.588. The summed E-state index contributed by atoms with van der Waals surface area (Å²) in [4.78, 5) is 17.0. The molecule has 20 heavy (non-hydrogen) atoms. The van der Waals surface area contributed by atoms with E-state index in [0.29, 0.717) is 6.42 Å². The minimum Gasteiger partial charge on any atom is -0.328 e. The molecule has 0 saturated heterocycles. The van der Waals surface area contributed by atoms with Crippen LogP contribution in [-0.4, -0.2) is 20.9 Å². The van der Waals surface area contributed by atoms with Gasteiger partial charge in [0, 0.05) is 6.54 Å². The van der Waals surface area contributed by atoms with Crippen LogP contribution < -0.4 is 5.73 Å². The van der Waals surface area contributed by atoms with Crippen LogP contribution in [0.25, 0.3) is 11.0 Å². The molecule has 1 aromatic carbocycles. The molecule has 106 valence electrons. The second kappa shape index (κ2) is 5.02. The zero-order valence-corrected chi connectivity index (χ0v) is 11.9. The van der Waals surface area contributed by atoms with Gasteiger partial charge in [-0.2, -0.15) is 0 Å². The highest BCUT2D eigenvalue weighted by atomic mass is 16.1. The van der Waals surface area contributed by atoms with Gasteiger partial charge in [0.05, 0.1) is 23.0 Å². The molecule has 1 saturated carbocycles. The first-order valence-electron chi connectivity index (χ1n) is 7.40. The van der Waals surface area contributed by atoms with Crippen molar-refractivity contribution in [3.05, 3.63) is 30.1 Å². The van der Waals surface area contributed by atoms with Gasteiger partial charge in [0.25, 0.3) is 0 Å². The molecule has 0 bridgehead atoms. The summed E-state index contributed by atoms with van der Waals surface area (Å²) in [6.07, 6.45) is 4.08. The van der Waals surface area contributed by atoms with E-state index in [1.165, 1.54) is 0 Å². The zero-order valence-electron chi connectivity index (χ0n) is 11.9. The van der Waals surface area contributed by atoms with E-state index in [1.807, 2.05) is 18.2 Å². The van der Waals surface area contributed by atoms with Crippen LogP contribution in [0.15, 0.2) is 24.3 Å². The number of benzene rings is 1. The van der Waals surface area contributed by atoms with Gasteiger partial charge < -0.3 is 10.3 Å². The minimum absolute atomic E-state index is 0.136. The number of hydrogen-bond acceptors (Lipinski definition) is 3. The van der Waals surface area contributed by atoms with Crippen molar-refractivity contribution >= 4 is 16.8 Å². The molecule has 0 unspecified atom stereocenters. The van der Waals surface area contributed by atoms with Gasteiger partial charge in [-0.15, -0.1) is 0 Å². The van der Waals surface area contributed by atoms with Gasteiger partial charge in [0.1, 0.15) is 5.82 Å². The van der Waals surface area contributed by atoms with E-state index in [1.54, 1.807) is 0 Å². The largest absolute Gasteiger partial charge is 0.328 e. The molecule has 0 amide bonds. The quantitative estimate of drug-likeness (QED) is 0.908. The average molecular weight is 271 g/mol. The Morgan fingerprint density at radius 2 is 2.15 bits per heavy atom. The van der Waals surface area contributed by atoms with E-state index in [4.69, 9.17) is 5.73 Å². The summed E-state index contributed by atoms with van der Waals surface area (Å²) >= 11 is 0. The summed E-state index contributed by atoms with van der Waals surface area (Å²) in [5.74, 6) is 0.992. The van der Waals surface area contributed by atoms with E-state index in [0.717, 1.165) is 49.1 Å². The van der Waals surface area contributed by atoms with Crippen molar-refractivity contribution in [1.29, 1.82) is 0 Å². The van der Waals surface area contributed by atoms with E-state index < -0.39 is 5.54 Å². The number of carbonyl (C=O) groups excluding carboxylic acids is 1. The van der Waals surface area contributed by atoms with Crippen LogP contribution in [0.4, 0.5) is 0 Å². The molecule has 1 fully saturated rings. The molecule has 0 spiro atoms. The Balaban J connectivity index is 1.94. The van der Waals surface area contributed by atoms with Crippen molar-refractivity contribution in [3.8, 4) is 0 Å². The standard InChI is InChI=1S/C16H21N3O/c1-2-10-19-13-7-4-3-6-12(13)18-15(19)11-14(20)16(17)8-5-9-16/h3-4,6-7H,2,5,8-11,17H2,1H3. The fourth-order valence-electron chi connectivity index (χ4n) is 2.89. The number of nitrogens with two attached hydrogens (primary N) is 1. The molecule has 2 aromatic rings. The average Bonchev–Trinajstić information content (AvgIpc) is 2.75. The molecule has 1 aliphatic carbocycles. The van der Waals surface area contributed by atoms with Gasteiger partial charge in [0.15, 0.2) is 5.78 Å². The van der Waals surface area contributed by atoms with Gasteiger partial charge in [-0.05, 0) is 37.8 Å². The van der Waals surface area contributed by atoms with E-state index in [-0.39, 0.29) is 5.78 Å². The SMILES string of the molecule is CCCn1c(CC(=O)C2(N)CCC2)nc2ccccc21. The van der Waals surface area contributed by atoms with Crippen molar-refractivity contribution in [1.82, 2.24) is 9.55 Å². The Morgan fingerprint density at radius 3 is 2.80 bits per heavy atom. The van der Waals surface area contributed by atoms with Crippen molar-refractivity contribution in [2.75, 3.05) is 0 Å². The number of aromatic nitrogens is 2. The molecule has 1 aromatic heterocycles. The van der Waals surface area contributed by atoms with Gasteiger partial charge in [-0.25, -0.2) is 4.98 Å². The van der Waals surface area contributed by atoms with Crippen LogP contribution >= 0.6 is 0 Å². The van der Waals surface area contributed by atoms with E-state index >= 15 is 0 Å². The fourth-order valence-corrected chi connectivity index (χ4v) is 2.89. The lowest BCUT2D eigenvalue weighted by Crippen LogP contribution is -2.54. The number of nitrogens with zero attached hydrogens (tertiary/aromatic N) is 2. The fraction of sp³-hybridized carbons (Fsp3) is 0.500. The second-order valence-electron chi connectivity index (χ2n) is 5.78. The third-order valence-corrected chi connectivity index (χ3v) is 4.30. The predicted octanol–water partition coefficient (Wildman–Crippen LogP) is 2.44. The van der Waals surface area contributed by atoms with Crippen molar-refractivity contribution < 1.29 is 4.79 Å². The number of aryl methyl sites for hydroxylation is 1. The zero-order chi connectivity index (χ0) is 14.2. The molecule has 4 heteroatoms. The first-order chi connectivity index (χ1) is 9.64. The van der Waals surface area contributed by atoms with Gasteiger partial charge in [-0.1, -0.05) is 19.1 Å². The second-order valence-corrected chi connectivity index (χ2v) is 5.78. The molecule has 0 radical (unpaired) electrons. The molecule has 4 nitrogen and oxygen atoms in total. The Hall–Kier alpha value is -1.68. The Bertz CT molecular complexity index is 640. The summed E-state index contributed by atoms with van der Waals surface area (Å²) in [5, 5.41) is 0. The van der Waals surface area contributed by atoms with Crippen LogP contribution in [0.2, 0.25) is 0 Å². The molecule has 3 rings (SSSR count). The lowest BCUT2D eigenvalue weighted by Gasteiger charge is -2.36. The maximum atomic E-state index is 12.4. The third kappa shape index (κ3) is 2.14. The molecule has 1 aliphatic rings. The maximum Gasteiger partial charge on any atom is 0.160 e. The molecule has 2 N–H and O–H groups in total. The lowest BCUT2D eigenvalue weighted by atomic mass is 9.73. The van der Waals surface area contributed by atoms with E-state index in [2.05, 4.69) is 22.5 Å². The Kier molecular flexibility index (Phi) is 3.34. The van der Waals surface area contributed by atoms with Crippen molar-refractivity contribution in [2.45, 2.75) is 51.1 Å². The van der Waals surface area contributed by atoms with Crippen LogP contribution in [0.3, 0.4) is 0 Å². The van der Waals surface area contributed by atoms with E-state index in [9.17, 15) is 4.79 Å². The number of imidazole rings is 1. The molecule has 1 heterocycles. The molecular weight excluding hydrogens is 250 g/mol. The monoisotopic (exact) mass is 271 g/mol. The normalized spacial score (nSPS) is 17.1. The topological polar surface area (TPSA) is 60.9 Å². The smallest absolute Gasteiger partial charge is 0.160 e. The Labute approximate surface area is 119 Å². The van der Waals surface area contributed by atoms with Crippen molar-refractivity contribution in [3.63, 3.8) is 0 Å². The highest BCUT2D eigenvalue weighted by Crippen LogP contribution is 2.31. The highest BCUT2D eigenvalue weighted by Gasteiger charge is 2.40. The summed E-state index contributed by atoms with van der Waals surface area (Å²) in [7, 11) is 0. The molecule has 0 aliphatic heterocycles. The van der Waals surface area contributed by atoms with Gasteiger partial charge in [-0.3, -0.25) is 4.79 Å². The third-order valence-electron chi connectivity index (χ3n) is 4.30. The van der Waals surface area contributed by atoms with Crippen LogP contribution in [-0.2, 0) is 17.8 Å². The number of ketones is 1. The van der Waals surface area contributed by atoms with Gasteiger partial charge in [0.2, 0.25) is 0 Å². The van der Waals surface area contributed by atoms with Crippen molar-refractivity contribution in [2.24, 2.45) is 5.73 Å². The lowest BCUT2D eigenvalue weighted by molar-refractivity contribution is -0.126. The van der Waals surface area contributed by atoms with Crippen LogP contribution in [0.5, 0.6) is 0 Å². The number of Topliss-reactive ketones (excluding diaryl/α,β-unsaturated/α-hetero) is 1. The maximum absolute atomic E-state index is 12.4. The van der Waals surface area contributed by atoms with Crippen LogP contribution in [0, 0.1) is 0 Å². The highest BCUT2D eigenvalue weighted by molar-refractivity contribution is 5.91. The Morgan fingerprint density at radius 1 is 1.40 bits per heavy atom. The molecular formula is C16H21N3O. The first kappa shape index (κ1) is 13.3. The summed E-state index contributed by atoms with van der Waals surface area (Å²) in [6, 6.07) is 8.05. The van der Waals surface area contributed by atoms with Crippen LogP contribution in [0.1, 0.15) is 38.4 Å². The summed E-state index contributed by atoms with van der Waals surface area (Å²) < 4.78 is 2.16. The number of hydrogen-bond donors (Lipinski definition) is 1. The first-order valence-corrected chi connectivity index (χ1v) is 7.40. The molecule has 0 atom stereocenters.